The van der Waals surface area contributed by atoms with Crippen LogP contribution < -0.4 is 4.74 Å². The van der Waals surface area contributed by atoms with Gasteiger partial charge in [0.15, 0.2) is 23.3 Å². The third-order valence-corrected chi connectivity index (χ3v) is 4.29. The van der Waals surface area contributed by atoms with Gasteiger partial charge in [-0.3, -0.25) is 0 Å². The Morgan fingerprint density at radius 1 is 0.905 bits per heavy atom. The molecule has 8 heteroatoms. The van der Waals surface area contributed by atoms with Crippen molar-refractivity contribution in [3.05, 3.63) is 53.1 Å². The maximum absolute atomic E-state index is 14.8. The minimum atomic E-state index is -3.83. The van der Waals surface area contributed by atoms with Gasteiger partial charge in [-0.15, -0.1) is 0 Å². The molecule has 0 fully saturated rings. The number of rotatable bonds is 2. The lowest BCUT2D eigenvalue weighted by molar-refractivity contribution is 0.0426. The summed E-state index contributed by atoms with van der Waals surface area (Å²) in [6.07, 6.45) is 0. The average Bonchev–Trinajstić information content (AvgIpc) is 2.49. The Hall–Kier alpha value is -1.19. The molecule has 2 atom stereocenters. The molecule has 1 nitrogen and oxygen atoms in total. The minimum absolute atomic E-state index is 0.239. The zero-order chi connectivity index (χ0) is 16.0. The van der Waals surface area contributed by atoms with E-state index < -0.39 is 38.2 Å². The van der Waals surface area contributed by atoms with Gasteiger partial charge < -0.3 is 4.74 Å². The van der Waals surface area contributed by atoms with E-state index in [1.54, 1.807) is 0 Å². The largest absolute Gasteiger partial charge is 0.497 e. The zero-order valence-electron chi connectivity index (χ0n) is 10.4. The summed E-state index contributed by atoms with van der Waals surface area (Å²) in [7, 11) is 1.30. The second kappa shape index (κ2) is 5.22. The molecule has 114 valence electrons. The van der Waals surface area contributed by atoms with Gasteiger partial charge in [0.1, 0.15) is 5.75 Å². The highest BCUT2D eigenvalue weighted by atomic mass is 127. The second-order valence-electron chi connectivity index (χ2n) is 4.22. The first-order valence-corrected chi connectivity index (χ1v) is 6.59. The molecule has 0 aliphatic heterocycles. The van der Waals surface area contributed by atoms with Crippen LogP contribution in [0.5, 0.6) is 5.75 Å². The van der Waals surface area contributed by atoms with E-state index in [4.69, 9.17) is 4.74 Å². The SMILES string of the molecule is COc1ccc(C2(F)C(F)=C(F)C(F)=C(F)C2(F)I)cc1. The van der Waals surface area contributed by atoms with Crippen LogP contribution in [0.2, 0.25) is 0 Å². The number of hydrogen-bond acceptors (Lipinski definition) is 1. The van der Waals surface area contributed by atoms with Crippen LogP contribution in [-0.4, -0.2) is 10.8 Å². The Morgan fingerprint density at radius 2 is 1.38 bits per heavy atom. The van der Waals surface area contributed by atoms with Gasteiger partial charge in [-0.1, -0.05) is 12.1 Å². The molecule has 0 saturated carbocycles. The van der Waals surface area contributed by atoms with Gasteiger partial charge in [0, 0.05) is 5.56 Å². The van der Waals surface area contributed by atoms with Gasteiger partial charge in [0.05, 0.1) is 7.11 Å². The molecular weight excluding hydrogens is 413 g/mol. The van der Waals surface area contributed by atoms with Gasteiger partial charge in [-0.05, 0) is 34.7 Å². The third kappa shape index (κ3) is 2.14. The van der Waals surface area contributed by atoms with Crippen LogP contribution in [0.1, 0.15) is 5.56 Å². The Labute approximate surface area is 129 Å². The molecule has 0 bridgehead atoms. The van der Waals surface area contributed by atoms with Crippen LogP contribution in [0.15, 0.2) is 47.6 Å². The highest BCUT2D eigenvalue weighted by molar-refractivity contribution is 14.1. The third-order valence-electron chi connectivity index (χ3n) is 3.08. The lowest BCUT2D eigenvalue weighted by atomic mass is 9.85. The van der Waals surface area contributed by atoms with E-state index in [1.807, 2.05) is 0 Å². The molecule has 1 aliphatic rings. The van der Waals surface area contributed by atoms with Crippen molar-refractivity contribution in [3.8, 4) is 5.75 Å². The lowest BCUT2D eigenvalue weighted by Gasteiger charge is -2.36. The Bertz CT molecular complexity index is 637. The first kappa shape index (κ1) is 16.2. The van der Waals surface area contributed by atoms with E-state index in [0.717, 1.165) is 24.3 Å². The Morgan fingerprint density at radius 3 is 1.86 bits per heavy atom. The first-order valence-electron chi connectivity index (χ1n) is 5.51. The van der Waals surface area contributed by atoms with Crippen LogP contribution in [-0.2, 0) is 5.67 Å². The fourth-order valence-corrected chi connectivity index (χ4v) is 2.68. The molecule has 0 amide bonds. The van der Waals surface area contributed by atoms with E-state index >= 15 is 0 Å². The smallest absolute Gasteiger partial charge is 0.259 e. The molecule has 0 saturated heterocycles. The molecule has 0 N–H and O–H groups in total. The van der Waals surface area contributed by atoms with E-state index in [1.165, 1.54) is 7.11 Å². The standard InChI is InChI=1S/C13H7F6IO/c1-21-7-4-2-6(3-5-7)12(18)10(16)8(14)9(15)11(17)13(12,19)20/h2-5H,1H3. The first-order chi connectivity index (χ1) is 9.67. The minimum Gasteiger partial charge on any atom is -0.497 e. The van der Waals surface area contributed by atoms with E-state index in [0.29, 0.717) is 22.6 Å². The van der Waals surface area contributed by atoms with Crippen molar-refractivity contribution in [3.63, 3.8) is 0 Å². The van der Waals surface area contributed by atoms with Gasteiger partial charge in [0.25, 0.3) is 3.68 Å². The lowest BCUT2D eigenvalue weighted by Crippen LogP contribution is -2.44. The van der Waals surface area contributed by atoms with Gasteiger partial charge in [-0.2, -0.15) is 0 Å². The molecule has 21 heavy (non-hydrogen) atoms. The molecule has 1 aromatic rings. The second-order valence-corrected chi connectivity index (χ2v) is 5.70. The monoisotopic (exact) mass is 420 g/mol. The normalized spacial score (nSPS) is 29.9. The predicted molar refractivity (Wildman–Crippen MR) is 72.1 cm³/mol. The Balaban J connectivity index is 2.68. The van der Waals surface area contributed by atoms with Crippen LogP contribution in [0.3, 0.4) is 0 Å². The summed E-state index contributed by atoms with van der Waals surface area (Å²) in [6.45, 7) is 0. The molecule has 0 heterocycles. The molecule has 0 aromatic heterocycles. The number of benzene rings is 1. The number of methoxy groups -OCH3 is 1. The van der Waals surface area contributed by atoms with Gasteiger partial charge >= 0.3 is 0 Å². The molecular formula is C13H7F6IO. The van der Waals surface area contributed by atoms with Crippen LogP contribution >= 0.6 is 22.6 Å². The van der Waals surface area contributed by atoms with E-state index in [9.17, 15) is 26.3 Å². The number of hydrogen-bond donors (Lipinski definition) is 0. The van der Waals surface area contributed by atoms with Crippen molar-refractivity contribution < 1.29 is 31.1 Å². The van der Waals surface area contributed by atoms with Crippen molar-refractivity contribution in [2.45, 2.75) is 9.34 Å². The summed E-state index contributed by atoms with van der Waals surface area (Å²) in [5.74, 6) is -9.24. The summed E-state index contributed by atoms with van der Waals surface area (Å²) < 4.78 is 83.9. The molecule has 2 unspecified atom stereocenters. The van der Waals surface area contributed by atoms with Crippen LogP contribution in [0.25, 0.3) is 0 Å². The zero-order valence-corrected chi connectivity index (χ0v) is 12.5. The number of alkyl halides is 3. The quantitative estimate of drug-likeness (QED) is 0.360. The number of ether oxygens (including phenoxy) is 1. The number of allylic oxidation sites excluding steroid dienone is 4. The summed E-state index contributed by atoms with van der Waals surface area (Å²) >= 11 is 0.571. The Kier molecular flexibility index (Phi) is 4.02. The van der Waals surface area contributed by atoms with E-state index in [2.05, 4.69) is 0 Å². The fourth-order valence-electron chi connectivity index (χ4n) is 1.90. The van der Waals surface area contributed by atoms with Crippen LogP contribution in [0.4, 0.5) is 26.3 Å². The summed E-state index contributed by atoms with van der Waals surface area (Å²) in [5, 5.41) is 0. The van der Waals surface area contributed by atoms with Crippen molar-refractivity contribution >= 4 is 22.6 Å². The van der Waals surface area contributed by atoms with E-state index in [-0.39, 0.29) is 5.75 Å². The van der Waals surface area contributed by atoms with Gasteiger partial charge in [-0.25, -0.2) is 26.3 Å². The fraction of sp³-hybridized carbons (Fsp3) is 0.231. The topological polar surface area (TPSA) is 9.23 Å². The molecule has 0 spiro atoms. The number of halogens is 7. The van der Waals surface area contributed by atoms with Crippen molar-refractivity contribution in [1.29, 1.82) is 0 Å². The maximum Gasteiger partial charge on any atom is 0.259 e. The molecule has 0 radical (unpaired) electrons. The summed E-state index contributed by atoms with van der Waals surface area (Å²) in [4.78, 5) is 0. The summed E-state index contributed by atoms with van der Waals surface area (Å²) in [6, 6.07) is 4.10. The van der Waals surface area contributed by atoms with Crippen molar-refractivity contribution in [2.75, 3.05) is 7.11 Å². The average molecular weight is 420 g/mol. The maximum atomic E-state index is 14.8. The highest BCUT2D eigenvalue weighted by Gasteiger charge is 2.65. The van der Waals surface area contributed by atoms with Crippen molar-refractivity contribution in [1.82, 2.24) is 0 Å². The summed E-state index contributed by atoms with van der Waals surface area (Å²) in [5.41, 5.74) is -4.54. The molecule has 2 rings (SSSR count). The predicted octanol–water partition coefficient (Wildman–Crippen LogP) is 5.28. The van der Waals surface area contributed by atoms with Gasteiger partial charge in [0.2, 0.25) is 5.67 Å². The van der Waals surface area contributed by atoms with Crippen molar-refractivity contribution in [2.24, 2.45) is 0 Å². The molecule has 1 aliphatic carbocycles. The molecule has 1 aromatic carbocycles. The van der Waals surface area contributed by atoms with Crippen LogP contribution in [0, 0.1) is 0 Å². The highest BCUT2D eigenvalue weighted by Crippen LogP contribution is 2.59.